The number of hydrogen-bond acceptors (Lipinski definition) is 6. The standard InChI is InChI=1S/C8H6N4O3/c9-1-3-12(4-2-10)8-11-6(5-15-8)7(13)14/h5H,3-4H2,(H,13,14). The summed E-state index contributed by atoms with van der Waals surface area (Å²) in [5.74, 6) is -1.22. The molecular weight excluding hydrogens is 200 g/mol. The highest BCUT2D eigenvalue weighted by molar-refractivity contribution is 5.85. The second kappa shape index (κ2) is 4.63. The van der Waals surface area contributed by atoms with Gasteiger partial charge in [0.05, 0.1) is 12.1 Å². The highest BCUT2D eigenvalue weighted by Crippen LogP contribution is 2.12. The summed E-state index contributed by atoms with van der Waals surface area (Å²) >= 11 is 0. The first kappa shape index (κ1) is 10.5. The number of anilines is 1. The van der Waals surface area contributed by atoms with Crippen molar-refractivity contribution in [1.29, 1.82) is 10.5 Å². The fourth-order valence-electron chi connectivity index (χ4n) is 0.870. The van der Waals surface area contributed by atoms with Crippen molar-refractivity contribution in [3.8, 4) is 12.1 Å². The van der Waals surface area contributed by atoms with Gasteiger partial charge in [-0.1, -0.05) is 0 Å². The van der Waals surface area contributed by atoms with Crippen LogP contribution in [0.1, 0.15) is 10.5 Å². The Balaban J connectivity index is 2.88. The van der Waals surface area contributed by atoms with Gasteiger partial charge >= 0.3 is 5.97 Å². The maximum absolute atomic E-state index is 10.5. The van der Waals surface area contributed by atoms with Crippen molar-refractivity contribution in [2.75, 3.05) is 18.0 Å². The van der Waals surface area contributed by atoms with E-state index in [9.17, 15) is 4.79 Å². The van der Waals surface area contributed by atoms with Crippen molar-refractivity contribution in [1.82, 2.24) is 4.98 Å². The van der Waals surface area contributed by atoms with Crippen molar-refractivity contribution in [3.63, 3.8) is 0 Å². The molecule has 0 radical (unpaired) electrons. The Bertz CT molecular complexity index is 423. The summed E-state index contributed by atoms with van der Waals surface area (Å²) < 4.78 is 4.82. The van der Waals surface area contributed by atoms with Crippen molar-refractivity contribution in [2.24, 2.45) is 0 Å². The highest BCUT2D eigenvalue weighted by atomic mass is 16.4. The van der Waals surface area contributed by atoms with Gasteiger partial charge in [-0.3, -0.25) is 4.90 Å². The average molecular weight is 206 g/mol. The van der Waals surface area contributed by atoms with Crippen LogP contribution in [0.4, 0.5) is 6.01 Å². The highest BCUT2D eigenvalue weighted by Gasteiger charge is 2.15. The molecule has 1 aromatic rings. The number of carbonyl (C=O) groups is 1. The first-order chi connectivity index (χ1) is 7.19. The molecule has 0 unspecified atom stereocenters. The second-order valence-corrected chi connectivity index (χ2v) is 2.49. The zero-order valence-corrected chi connectivity index (χ0v) is 7.54. The monoisotopic (exact) mass is 206 g/mol. The molecule has 7 heteroatoms. The molecule has 0 aliphatic rings. The zero-order chi connectivity index (χ0) is 11.3. The Morgan fingerprint density at radius 2 is 2.13 bits per heavy atom. The van der Waals surface area contributed by atoms with Gasteiger partial charge in [-0.15, -0.1) is 0 Å². The van der Waals surface area contributed by atoms with Crippen molar-refractivity contribution >= 4 is 12.0 Å². The molecule has 0 aliphatic heterocycles. The Labute approximate surface area is 84.8 Å². The van der Waals surface area contributed by atoms with Gasteiger partial charge in [0.15, 0.2) is 5.69 Å². The first-order valence-electron chi connectivity index (χ1n) is 3.86. The Morgan fingerprint density at radius 3 is 2.53 bits per heavy atom. The quantitative estimate of drug-likeness (QED) is 0.701. The van der Waals surface area contributed by atoms with Crippen molar-refractivity contribution in [2.45, 2.75) is 0 Å². The van der Waals surface area contributed by atoms with E-state index in [1.807, 2.05) is 12.1 Å². The molecule has 0 amide bonds. The fourth-order valence-corrected chi connectivity index (χ4v) is 0.870. The van der Waals surface area contributed by atoms with Gasteiger partial charge in [0, 0.05) is 0 Å². The molecule has 0 aromatic carbocycles. The van der Waals surface area contributed by atoms with Gasteiger partial charge in [0.25, 0.3) is 6.01 Å². The van der Waals surface area contributed by atoms with Crippen molar-refractivity contribution < 1.29 is 14.3 Å². The molecule has 7 nitrogen and oxygen atoms in total. The van der Waals surface area contributed by atoms with Crippen LogP contribution in [0, 0.1) is 22.7 Å². The molecule has 1 N–H and O–H groups in total. The minimum atomic E-state index is -1.22. The molecule has 0 fully saturated rings. The third-order valence-corrected chi connectivity index (χ3v) is 1.50. The lowest BCUT2D eigenvalue weighted by molar-refractivity contribution is 0.0690. The Kier molecular flexibility index (Phi) is 3.25. The van der Waals surface area contributed by atoms with E-state index in [2.05, 4.69) is 4.98 Å². The lowest BCUT2D eigenvalue weighted by atomic mass is 10.5. The van der Waals surface area contributed by atoms with Gasteiger partial charge in [-0.25, -0.2) is 4.79 Å². The topological polar surface area (TPSA) is 114 Å². The van der Waals surface area contributed by atoms with E-state index in [0.717, 1.165) is 6.26 Å². The molecule has 1 aromatic heterocycles. The number of aromatic carboxylic acids is 1. The molecule has 0 spiro atoms. The second-order valence-electron chi connectivity index (χ2n) is 2.49. The maximum atomic E-state index is 10.5. The summed E-state index contributed by atoms with van der Waals surface area (Å²) in [4.78, 5) is 15.3. The lowest BCUT2D eigenvalue weighted by Gasteiger charge is -2.11. The molecule has 0 atom stereocenters. The van der Waals surface area contributed by atoms with E-state index in [-0.39, 0.29) is 24.8 Å². The predicted molar refractivity (Wildman–Crippen MR) is 46.9 cm³/mol. The predicted octanol–water partition coefficient (Wildman–Crippen LogP) is 0.226. The number of hydrogen-bond donors (Lipinski definition) is 1. The van der Waals surface area contributed by atoms with E-state index >= 15 is 0 Å². The molecule has 1 rings (SSSR count). The number of aromatic nitrogens is 1. The van der Waals surface area contributed by atoms with Crippen LogP contribution in [-0.2, 0) is 0 Å². The summed E-state index contributed by atoms with van der Waals surface area (Å²) in [6.07, 6.45) is 0.958. The largest absolute Gasteiger partial charge is 0.476 e. The van der Waals surface area contributed by atoms with Crippen LogP contribution in [0.25, 0.3) is 0 Å². The number of carboxylic acid groups (broad SMARTS) is 1. The summed E-state index contributed by atoms with van der Waals surface area (Å²) in [5, 5.41) is 25.5. The first-order valence-corrected chi connectivity index (χ1v) is 3.86. The van der Waals surface area contributed by atoms with E-state index in [1.165, 1.54) is 4.90 Å². The summed E-state index contributed by atoms with van der Waals surface area (Å²) in [5.41, 5.74) is -0.258. The Morgan fingerprint density at radius 1 is 1.53 bits per heavy atom. The molecule has 76 valence electrons. The molecule has 15 heavy (non-hydrogen) atoms. The van der Waals surface area contributed by atoms with Crippen LogP contribution < -0.4 is 4.90 Å². The van der Waals surface area contributed by atoms with Crippen molar-refractivity contribution in [3.05, 3.63) is 12.0 Å². The van der Waals surface area contributed by atoms with E-state index in [0.29, 0.717) is 0 Å². The fraction of sp³-hybridized carbons (Fsp3) is 0.250. The molecule has 0 saturated carbocycles. The maximum Gasteiger partial charge on any atom is 0.357 e. The smallest absolute Gasteiger partial charge is 0.357 e. The molecule has 1 heterocycles. The number of oxazole rings is 1. The molecule has 0 bridgehead atoms. The minimum absolute atomic E-state index is 0.0458. The van der Waals surface area contributed by atoms with Crippen LogP contribution in [-0.4, -0.2) is 29.1 Å². The van der Waals surface area contributed by atoms with Crippen LogP contribution in [0.3, 0.4) is 0 Å². The lowest BCUT2D eigenvalue weighted by Crippen LogP contribution is -2.24. The summed E-state index contributed by atoms with van der Waals surface area (Å²) in [6, 6.07) is 3.59. The van der Waals surface area contributed by atoms with Gasteiger partial charge < -0.3 is 9.52 Å². The van der Waals surface area contributed by atoms with E-state index in [4.69, 9.17) is 20.0 Å². The van der Waals surface area contributed by atoms with Crippen LogP contribution >= 0.6 is 0 Å². The third-order valence-electron chi connectivity index (χ3n) is 1.50. The minimum Gasteiger partial charge on any atom is -0.476 e. The van der Waals surface area contributed by atoms with Crippen LogP contribution in [0.15, 0.2) is 10.7 Å². The number of carboxylic acids is 1. The molecule has 0 saturated heterocycles. The average Bonchev–Trinajstić information content (AvgIpc) is 2.66. The summed E-state index contributed by atoms with van der Waals surface area (Å²) in [6.45, 7) is -0.180. The Hall–Kier alpha value is -2.54. The third kappa shape index (κ3) is 2.45. The molecule has 0 aliphatic carbocycles. The van der Waals surface area contributed by atoms with Gasteiger partial charge in [0.2, 0.25) is 0 Å². The normalized spacial score (nSPS) is 8.93. The molecular formula is C8H6N4O3. The zero-order valence-electron chi connectivity index (χ0n) is 7.54. The van der Waals surface area contributed by atoms with E-state index < -0.39 is 5.97 Å². The number of rotatable bonds is 4. The number of nitriles is 2. The van der Waals surface area contributed by atoms with Gasteiger partial charge in [0.1, 0.15) is 19.4 Å². The summed E-state index contributed by atoms with van der Waals surface area (Å²) in [7, 11) is 0. The number of nitrogens with zero attached hydrogens (tertiary/aromatic N) is 4. The van der Waals surface area contributed by atoms with Crippen LogP contribution in [0.2, 0.25) is 0 Å². The van der Waals surface area contributed by atoms with E-state index in [1.54, 1.807) is 0 Å². The van der Waals surface area contributed by atoms with Crippen LogP contribution in [0.5, 0.6) is 0 Å². The SMILES string of the molecule is N#CCN(CC#N)c1nc(C(=O)O)co1. The van der Waals surface area contributed by atoms with Gasteiger partial charge in [-0.2, -0.15) is 15.5 Å². The van der Waals surface area contributed by atoms with Gasteiger partial charge in [-0.05, 0) is 0 Å².